The molecule has 1 aromatic carbocycles. The number of benzene rings is 1. The third-order valence-corrected chi connectivity index (χ3v) is 3.28. The van der Waals surface area contributed by atoms with Crippen LogP contribution in [0, 0.1) is 18.7 Å². The van der Waals surface area contributed by atoms with Crippen molar-refractivity contribution < 1.29 is 19.1 Å². The Morgan fingerprint density at radius 1 is 1.29 bits per heavy atom. The van der Waals surface area contributed by atoms with Gasteiger partial charge in [0.05, 0.1) is 0 Å². The molecule has 0 fully saturated rings. The molecule has 0 saturated carbocycles. The minimum atomic E-state index is -0.854. The molecule has 0 aromatic heterocycles. The van der Waals surface area contributed by atoms with Crippen molar-refractivity contribution in [3.05, 3.63) is 29.6 Å². The van der Waals surface area contributed by atoms with E-state index in [1.807, 2.05) is 13.8 Å². The van der Waals surface area contributed by atoms with Crippen LogP contribution in [0.15, 0.2) is 18.2 Å². The van der Waals surface area contributed by atoms with E-state index in [0.717, 1.165) is 0 Å². The zero-order valence-corrected chi connectivity index (χ0v) is 12.4. The lowest BCUT2D eigenvalue weighted by Crippen LogP contribution is -2.44. The Hall–Kier alpha value is -1.95. The van der Waals surface area contributed by atoms with E-state index in [0.29, 0.717) is 6.42 Å². The molecule has 0 radical (unpaired) electrons. The van der Waals surface area contributed by atoms with Gasteiger partial charge < -0.3 is 15.7 Å². The summed E-state index contributed by atoms with van der Waals surface area (Å²) in [6.07, 6.45) is 0.371. The second-order valence-electron chi connectivity index (χ2n) is 5.20. The van der Waals surface area contributed by atoms with Crippen molar-refractivity contribution in [2.75, 3.05) is 11.9 Å². The van der Waals surface area contributed by atoms with E-state index < -0.39 is 17.6 Å². The Kier molecular flexibility index (Phi) is 6.30. The van der Waals surface area contributed by atoms with Gasteiger partial charge in [0.1, 0.15) is 5.82 Å². The second-order valence-corrected chi connectivity index (χ2v) is 5.20. The van der Waals surface area contributed by atoms with Gasteiger partial charge in [-0.1, -0.05) is 19.9 Å². The molecule has 0 aliphatic rings. The summed E-state index contributed by atoms with van der Waals surface area (Å²) in [6.45, 7) is 5.21. The highest BCUT2D eigenvalue weighted by molar-refractivity contribution is 6.39. The van der Waals surface area contributed by atoms with Crippen LogP contribution in [0.2, 0.25) is 0 Å². The summed E-state index contributed by atoms with van der Waals surface area (Å²) in [4.78, 5) is 23.7. The maximum Gasteiger partial charge on any atom is 0.313 e. The molecule has 0 bridgehead atoms. The summed E-state index contributed by atoms with van der Waals surface area (Å²) >= 11 is 0. The van der Waals surface area contributed by atoms with Gasteiger partial charge in [0.15, 0.2) is 0 Å². The average molecular weight is 296 g/mol. The van der Waals surface area contributed by atoms with Crippen LogP contribution in [-0.2, 0) is 9.59 Å². The number of hydrogen-bond acceptors (Lipinski definition) is 3. The van der Waals surface area contributed by atoms with E-state index in [2.05, 4.69) is 10.6 Å². The van der Waals surface area contributed by atoms with E-state index in [1.54, 1.807) is 0 Å². The van der Waals surface area contributed by atoms with Gasteiger partial charge >= 0.3 is 11.8 Å². The van der Waals surface area contributed by atoms with Crippen LogP contribution >= 0.6 is 0 Å². The molecule has 0 aliphatic carbocycles. The number of carbonyl (C=O) groups excluding carboxylic acids is 2. The fraction of sp³-hybridized carbons (Fsp3) is 0.467. The van der Waals surface area contributed by atoms with E-state index >= 15 is 0 Å². The summed E-state index contributed by atoms with van der Waals surface area (Å²) < 4.78 is 13.4. The molecule has 0 aliphatic heterocycles. The van der Waals surface area contributed by atoms with E-state index in [1.165, 1.54) is 25.1 Å². The summed E-state index contributed by atoms with van der Waals surface area (Å²) in [5.74, 6) is -2.02. The lowest BCUT2D eigenvalue weighted by molar-refractivity contribution is -0.136. The maximum absolute atomic E-state index is 13.4. The van der Waals surface area contributed by atoms with Gasteiger partial charge in [-0.2, -0.15) is 0 Å². The second kappa shape index (κ2) is 7.73. The molecule has 1 atom stereocenters. The quantitative estimate of drug-likeness (QED) is 0.722. The number of aliphatic hydroxyl groups excluding tert-OH is 1. The third kappa shape index (κ3) is 4.82. The normalized spacial score (nSPS) is 12.1. The van der Waals surface area contributed by atoms with Crippen LogP contribution in [0.5, 0.6) is 0 Å². The monoisotopic (exact) mass is 296 g/mol. The van der Waals surface area contributed by atoms with Crippen molar-refractivity contribution in [3.8, 4) is 0 Å². The van der Waals surface area contributed by atoms with Crippen molar-refractivity contribution in [1.29, 1.82) is 0 Å². The van der Waals surface area contributed by atoms with Crippen LogP contribution in [0.3, 0.4) is 0 Å². The number of aliphatic hydroxyl groups is 1. The molecule has 0 saturated heterocycles. The first-order valence-electron chi connectivity index (χ1n) is 6.84. The van der Waals surface area contributed by atoms with Crippen molar-refractivity contribution in [2.45, 2.75) is 33.2 Å². The highest BCUT2D eigenvalue weighted by Crippen LogP contribution is 2.17. The molecule has 0 heterocycles. The lowest BCUT2D eigenvalue weighted by Gasteiger charge is -2.21. The number of nitrogens with one attached hydrogen (secondary N) is 2. The summed E-state index contributed by atoms with van der Waals surface area (Å²) in [5, 5.41) is 13.9. The van der Waals surface area contributed by atoms with E-state index in [-0.39, 0.29) is 29.8 Å². The SMILES string of the molecule is Cc1c(F)cccc1NC(=O)C(=O)NC(CCO)C(C)C. The molecule has 1 rings (SSSR count). The first-order valence-corrected chi connectivity index (χ1v) is 6.84. The van der Waals surface area contributed by atoms with Crippen molar-refractivity contribution in [2.24, 2.45) is 5.92 Å². The minimum Gasteiger partial charge on any atom is -0.396 e. The first-order chi connectivity index (χ1) is 9.86. The minimum absolute atomic E-state index is 0.0756. The molecule has 5 nitrogen and oxygen atoms in total. The van der Waals surface area contributed by atoms with E-state index in [9.17, 15) is 14.0 Å². The summed E-state index contributed by atoms with van der Waals surface area (Å²) in [7, 11) is 0. The summed E-state index contributed by atoms with van der Waals surface area (Å²) in [5.41, 5.74) is 0.535. The predicted octanol–water partition coefficient (Wildman–Crippen LogP) is 1.60. The molecule has 2 amide bonds. The Morgan fingerprint density at radius 2 is 1.95 bits per heavy atom. The van der Waals surface area contributed by atoms with Crippen LogP contribution < -0.4 is 10.6 Å². The summed E-state index contributed by atoms with van der Waals surface area (Å²) in [6, 6.07) is 3.97. The number of carbonyl (C=O) groups is 2. The third-order valence-electron chi connectivity index (χ3n) is 3.28. The van der Waals surface area contributed by atoms with Crippen LogP contribution in [-0.4, -0.2) is 29.6 Å². The fourth-order valence-corrected chi connectivity index (χ4v) is 1.87. The first kappa shape index (κ1) is 17.1. The van der Waals surface area contributed by atoms with Crippen molar-refractivity contribution in [3.63, 3.8) is 0 Å². The zero-order valence-electron chi connectivity index (χ0n) is 12.4. The van der Waals surface area contributed by atoms with Gasteiger partial charge in [0.2, 0.25) is 0 Å². The number of anilines is 1. The van der Waals surface area contributed by atoms with Crippen LogP contribution in [0.1, 0.15) is 25.8 Å². The molecular formula is C15H21FN2O3. The van der Waals surface area contributed by atoms with Gasteiger partial charge in [0.25, 0.3) is 0 Å². The number of halogens is 1. The Balaban J connectivity index is 2.70. The maximum atomic E-state index is 13.4. The molecule has 116 valence electrons. The van der Waals surface area contributed by atoms with Gasteiger partial charge in [0, 0.05) is 23.9 Å². The van der Waals surface area contributed by atoms with Crippen molar-refractivity contribution in [1.82, 2.24) is 5.32 Å². The molecule has 6 heteroatoms. The van der Waals surface area contributed by atoms with Crippen LogP contribution in [0.4, 0.5) is 10.1 Å². The number of rotatable bonds is 5. The van der Waals surface area contributed by atoms with Gasteiger partial charge in [-0.25, -0.2) is 4.39 Å². The van der Waals surface area contributed by atoms with E-state index in [4.69, 9.17) is 5.11 Å². The molecule has 1 unspecified atom stereocenters. The standard InChI is InChI=1S/C15H21FN2O3/c1-9(2)12(7-8-19)17-14(20)15(21)18-13-6-4-5-11(16)10(13)3/h4-6,9,12,19H,7-8H2,1-3H3,(H,17,20)(H,18,21). The smallest absolute Gasteiger partial charge is 0.313 e. The van der Waals surface area contributed by atoms with Crippen molar-refractivity contribution >= 4 is 17.5 Å². The molecular weight excluding hydrogens is 275 g/mol. The number of hydrogen-bond donors (Lipinski definition) is 3. The largest absolute Gasteiger partial charge is 0.396 e. The lowest BCUT2D eigenvalue weighted by atomic mass is 10.0. The van der Waals surface area contributed by atoms with Gasteiger partial charge in [-0.15, -0.1) is 0 Å². The fourth-order valence-electron chi connectivity index (χ4n) is 1.87. The molecule has 21 heavy (non-hydrogen) atoms. The van der Waals surface area contributed by atoms with Gasteiger partial charge in [-0.3, -0.25) is 9.59 Å². The average Bonchev–Trinajstić information content (AvgIpc) is 2.43. The highest BCUT2D eigenvalue weighted by Gasteiger charge is 2.21. The molecule has 0 spiro atoms. The molecule has 3 N–H and O–H groups in total. The Labute approximate surface area is 123 Å². The zero-order chi connectivity index (χ0) is 16.0. The van der Waals surface area contributed by atoms with Crippen LogP contribution in [0.25, 0.3) is 0 Å². The topological polar surface area (TPSA) is 78.4 Å². The number of amides is 2. The Morgan fingerprint density at radius 3 is 2.52 bits per heavy atom. The Bertz CT molecular complexity index is 518. The van der Waals surface area contributed by atoms with Gasteiger partial charge in [-0.05, 0) is 31.4 Å². The molecule has 1 aromatic rings. The predicted molar refractivity (Wildman–Crippen MR) is 78.2 cm³/mol. The highest BCUT2D eigenvalue weighted by atomic mass is 19.1.